The van der Waals surface area contributed by atoms with Crippen molar-refractivity contribution in [3.8, 4) is 5.88 Å². The zero-order chi connectivity index (χ0) is 15.0. The third-order valence-electron chi connectivity index (χ3n) is 3.72. The molecule has 20 heavy (non-hydrogen) atoms. The number of aromatic nitrogens is 2. The smallest absolute Gasteiger partial charge is 0.331 e. The molecule has 0 spiro atoms. The lowest BCUT2D eigenvalue weighted by atomic mass is 10.5. The molecule has 1 rings (SSSR count). The molecule has 0 aromatic carbocycles. The van der Waals surface area contributed by atoms with E-state index in [1.165, 1.54) is 10.6 Å². The monoisotopic (exact) mass is 316 g/mol. The molecule has 0 aliphatic heterocycles. The summed E-state index contributed by atoms with van der Waals surface area (Å²) in [7, 11) is 0.765. The van der Waals surface area contributed by atoms with E-state index in [1.54, 1.807) is 17.9 Å². The molecule has 1 unspecified atom stereocenters. The molecule has 0 saturated carbocycles. The Labute approximate surface area is 125 Å². The number of rotatable bonds is 10. The Hall–Kier alpha value is -0.796. The number of hydrogen-bond acceptors (Lipinski definition) is 3. The van der Waals surface area contributed by atoms with Crippen LogP contribution in [0.3, 0.4) is 0 Å². The van der Waals surface area contributed by atoms with E-state index in [0.717, 1.165) is 24.9 Å². The zero-order valence-electron chi connectivity index (χ0n) is 13.0. The van der Waals surface area contributed by atoms with Gasteiger partial charge in [-0.1, -0.05) is 19.5 Å². The number of aromatic hydroxyl groups is 1. The quantitative estimate of drug-likeness (QED) is 0.520. The normalized spacial score (nSPS) is 13.3. The summed E-state index contributed by atoms with van der Waals surface area (Å²) in [5.41, 5.74) is -0.0765. The molecule has 0 radical (unpaired) electrons. The first-order valence-corrected chi connectivity index (χ1v) is 12.2. The molecular formula is C13H28N2O3Si2. The van der Waals surface area contributed by atoms with Crippen molar-refractivity contribution in [2.24, 2.45) is 0 Å². The average molecular weight is 317 g/mol. The lowest BCUT2D eigenvalue weighted by molar-refractivity contribution is 0.411. The maximum Gasteiger partial charge on any atom is 0.331 e. The fourth-order valence-electron chi connectivity index (χ4n) is 2.39. The van der Waals surface area contributed by atoms with Gasteiger partial charge in [0, 0.05) is 29.7 Å². The minimum absolute atomic E-state index is 0.0392. The highest BCUT2D eigenvalue weighted by Gasteiger charge is 2.11. The van der Waals surface area contributed by atoms with E-state index in [0.29, 0.717) is 13.1 Å². The molecule has 1 aromatic heterocycles. The fraction of sp³-hybridized carbons (Fsp3) is 0.769. The van der Waals surface area contributed by atoms with Crippen LogP contribution in [0.2, 0.25) is 24.7 Å². The molecule has 116 valence electrons. The maximum absolute atomic E-state index is 12.2. The van der Waals surface area contributed by atoms with E-state index < -0.39 is 9.04 Å². The second-order valence-corrected chi connectivity index (χ2v) is 10.0. The summed E-state index contributed by atoms with van der Waals surface area (Å²) in [5.74, 6) is 0.101. The summed E-state index contributed by atoms with van der Waals surface area (Å²) in [4.78, 5) is 12.2. The molecule has 7 heteroatoms. The van der Waals surface area contributed by atoms with Crippen molar-refractivity contribution in [3.63, 3.8) is 0 Å². The first-order chi connectivity index (χ1) is 9.63. The number of nitrogens with zero attached hydrogens (tertiary/aromatic N) is 2. The molecule has 1 aromatic rings. The summed E-state index contributed by atoms with van der Waals surface area (Å²) < 4.78 is 8.59. The minimum atomic E-state index is -1.06. The van der Waals surface area contributed by atoms with Gasteiger partial charge in [0.2, 0.25) is 5.88 Å². The van der Waals surface area contributed by atoms with Gasteiger partial charge in [0.25, 0.3) is 0 Å². The van der Waals surface area contributed by atoms with E-state index in [2.05, 4.69) is 13.5 Å². The molecule has 0 fully saturated rings. The number of aryl methyl sites for hydroxylation is 1. The molecule has 0 bridgehead atoms. The van der Waals surface area contributed by atoms with Crippen LogP contribution in [0.4, 0.5) is 0 Å². The summed E-state index contributed by atoms with van der Waals surface area (Å²) >= 11 is 0. The lowest BCUT2D eigenvalue weighted by Crippen LogP contribution is -2.25. The van der Waals surface area contributed by atoms with Crippen LogP contribution in [0.15, 0.2) is 11.0 Å². The van der Waals surface area contributed by atoms with Crippen LogP contribution in [0.25, 0.3) is 0 Å². The molecule has 0 amide bonds. The Kier molecular flexibility index (Phi) is 7.94. The first-order valence-electron chi connectivity index (χ1n) is 7.65. The molecule has 5 nitrogen and oxygen atoms in total. The third kappa shape index (κ3) is 4.95. The summed E-state index contributed by atoms with van der Waals surface area (Å²) in [5, 5.41) is 9.85. The van der Waals surface area contributed by atoms with Gasteiger partial charge >= 0.3 is 5.69 Å². The fourth-order valence-corrected chi connectivity index (χ4v) is 4.72. The topological polar surface area (TPSA) is 56.4 Å². The second-order valence-electron chi connectivity index (χ2n) is 5.23. The standard InChI is InChI=1S/C13H28N2O3Si2/c1-4-20(18-2)10-6-7-14-11-12(16)15(13(14)17)8-5-9-19-3/h11,16,20H,4-10,19H2,1-3H3. The van der Waals surface area contributed by atoms with Gasteiger partial charge in [-0.15, -0.1) is 0 Å². The van der Waals surface area contributed by atoms with E-state index in [4.69, 9.17) is 4.43 Å². The van der Waals surface area contributed by atoms with Gasteiger partial charge < -0.3 is 9.53 Å². The molecular weight excluding hydrogens is 288 g/mol. The highest BCUT2D eigenvalue weighted by atomic mass is 28.3. The third-order valence-corrected chi connectivity index (χ3v) is 7.56. The molecule has 1 heterocycles. The number of hydrogen-bond donors (Lipinski definition) is 1. The molecule has 0 aliphatic carbocycles. The van der Waals surface area contributed by atoms with E-state index in [9.17, 15) is 9.90 Å². The number of imidazole rings is 1. The Morgan fingerprint density at radius 1 is 1.40 bits per heavy atom. The van der Waals surface area contributed by atoms with Crippen LogP contribution in [-0.2, 0) is 17.5 Å². The molecule has 1 atom stereocenters. The van der Waals surface area contributed by atoms with Gasteiger partial charge in [-0.05, 0) is 24.9 Å². The van der Waals surface area contributed by atoms with Gasteiger partial charge in [-0.2, -0.15) is 0 Å². The Morgan fingerprint density at radius 3 is 2.75 bits per heavy atom. The molecule has 1 N–H and O–H groups in total. The predicted octanol–water partition coefficient (Wildman–Crippen LogP) is 1.16. The lowest BCUT2D eigenvalue weighted by Gasteiger charge is -2.10. The molecule has 0 saturated heterocycles. The Balaban J connectivity index is 2.54. The van der Waals surface area contributed by atoms with Crippen molar-refractivity contribution in [2.75, 3.05) is 7.11 Å². The van der Waals surface area contributed by atoms with Crippen LogP contribution in [-0.4, -0.2) is 39.9 Å². The van der Waals surface area contributed by atoms with Crippen LogP contribution in [0, 0.1) is 0 Å². The maximum atomic E-state index is 12.2. The SMILES string of the molecule is CC[SiH](CCCn1cc(O)n(CCC[SiH2]C)c1=O)OC. The van der Waals surface area contributed by atoms with Gasteiger partial charge in [-0.25, -0.2) is 4.79 Å². The van der Waals surface area contributed by atoms with Crippen molar-refractivity contribution < 1.29 is 9.53 Å². The first kappa shape index (κ1) is 17.3. The van der Waals surface area contributed by atoms with Crippen molar-refractivity contribution in [2.45, 2.75) is 57.5 Å². The van der Waals surface area contributed by atoms with Crippen LogP contribution in [0.5, 0.6) is 5.88 Å². The highest BCUT2D eigenvalue weighted by molar-refractivity contribution is 6.51. The van der Waals surface area contributed by atoms with Crippen molar-refractivity contribution >= 4 is 18.6 Å². The van der Waals surface area contributed by atoms with Crippen LogP contribution < -0.4 is 5.69 Å². The molecule has 0 aliphatic rings. The predicted molar refractivity (Wildman–Crippen MR) is 88.3 cm³/mol. The van der Waals surface area contributed by atoms with Crippen LogP contribution >= 0.6 is 0 Å². The summed E-state index contributed by atoms with van der Waals surface area (Å²) in [6.45, 7) is 5.74. The van der Waals surface area contributed by atoms with Gasteiger partial charge in [0.15, 0.2) is 9.04 Å². The second kappa shape index (κ2) is 9.20. The summed E-state index contributed by atoms with van der Waals surface area (Å²) in [6.07, 6.45) is 3.51. The van der Waals surface area contributed by atoms with E-state index in [1.807, 2.05) is 0 Å². The van der Waals surface area contributed by atoms with E-state index >= 15 is 0 Å². The average Bonchev–Trinajstić information content (AvgIpc) is 2.71. The van der Waals surface area contributed by atoms with Gasteiger partial charge in [0.1, 0.15) is 0 Å². The zero-order valence-corrected chi connectivity index (χ0v) is 15.5. The van der Waals surface area contributed by atoms with Crippen molar-refractivity contribution in [1.29, 1.82) is 0 Å². The Bertz CT molecular complexity index is 441. The largest absolute Gasteiger partial charge is 0.493 e. The van der Waals surface area contributed by atoms with E-state index in [-0.39, 0.29) is 21.1 Å². The van der Waals surface area contributed by atoms with Gasteiger partial charge in [-0.3, -0.25) is 9.13 Å². The highest BCUT2D eigenvalue weighted by Crippen LogP contribution is 2.10. The van der Waals surface area contributed by atoms with Crippen LogP contribution in [0.1, 0.15) is 19.8 Å². The van der Waals surface area contributed by atoms with Gasteiger partial charge in [0.05, 0.1) is 6.20 Å². The minimum Gasteiger partial charge on any atom is -0.493 e. The summed E-state index contributed by atoms with van der Waals surface area (Å²) in [6, 6.07) is 3.42. The Morgan fingerprint density at radius 2 is 2.15 bits per heavy atom. The van der Waals surface area contributed by atoms with Crippen molar-refractivity contribution in [3.05, 3.63) is 16.7 Å². The van der Waals surface area contributed by atoms with Crippen molar-refractivity contribution in [1.82, 2.24) is 9.13 Å².